The molecular formula is C22H18ClF3N2O3. The number of nitrogens with one attached hydrogen (secondary N) is 1. The minimum atomic E-state index is -4.74. The average Bonchev–Trinajstić information content (AvgIpc) is 3.21. The molecule has 1 aliphatic rings. The van der Waals surface area contributed by atoms with Crippen LogP contribution in [-0.4, -0.2) is 17.4 Å². The first-order valence-electron chi connectivity index (χ1n) is 9.15. The number of fused-ring (bicyclic) bond motifs is 1. The van der Waals surface area contributed by atoms with E-state index in [1.165, 1.54) is 24.3 Å². The van der Waals surface area contributed by atoms with Crippen LogP contribution in [0.25, 0.3) is 16.7 Å². The van der Waals surface area contributed by atoms with E-state index in [9.17, 15) is 18.0 Å². The summed E-state index contributed by atoms with van der Waals surface area (Å²) in [6.45, 7) is 5.53. The number of hydrogen-bond acceptors (Lipinski definition) is 4. The molecule has 0 bridgehead atoms. The van der Waals surface area contributed by atoms with Crippen molar-refractivity contribution in [2.45, 2.75) is 27.1 Å². The van der Waals surface area contributed by atoms with Crippen LogP contribution < -0.4 is 10.1 Å². The Kier molecular flexibility index (Phi) is 6.40. The van der Waals surface area contributed by atoms with E-state index in [0.29, 0.717) is 33.0 Å². The Balaban J connectivity index is 0.000000330. The van der Waals surface area contributed by atoms with Gasteiger partial charge in [0.15, 0.2) is 0 Å². The number of benzene rings is 2. The summed E-state index contributed by atoms with van der Waals surface area (Å²) in [6, 6.07) is 10.6. The van der Waals surface area contributed by atoms with Gasteiger partial charge in [0.05, 0.1) is 16.4 Å². The van der Waals surface area contributed by atoms with E-state index < -0.39 is 6.36 Å². The zero-order chi connectivity index (χ0) is 22.8. The first-order valence-corrected chi connectivity index (χ1v) is 9.53. The van der Waals surface area contributed by atoms with Gasteiger partial charge in [-0.3, -0.25) is 4.79 Å². The number of rotatable bonds is 2. The lowest BCUT2D eigenvalue weighted by Gasteiger charge is -2.11. The van der Waals surface area contributed by atoms with Crippen LogP contribution in [0.5, 0.6) is 5.75 Å². The molecule has 0 aliphatic carbocycles. The van der Waals surface area contributed by atoms with E-state index >= 15 is 0 Å². The van der Waals surface area contributed by atoms with E-state index in [0.717, 1.165) is 11.5 Å². The molecule has 31 heavy (non-hydrogen) atoms. The fraction of sp³-hybridized carbons (Fsp3) is 0.182. The SMILES string of the molecule is C/C=C1\C(=O)Nc2cc(Cl)c(-c3ccc(OC(F)(F)F)cc3)cc21.Cc1cc(C)on1. The van der Waals surface area contributed by atoms with Crippen molar-refractivity contribution in [3.05, 3.63) is 70.6 Å². The third kappa shape index (κ3) is 5.46. The number of ether oxygens (including phenoxy) is 1. The number of amides is 1. The van der Waals surface area contributed by atoms with Gasteiger partial charge in [0, 0.05) is 22.8 Å². The van der Waals surface area contributed by atoms with Crippen molar-refractivity contribution in [1.29, 1.82) is 0 Å². The number of nitrogens with zero attached hydrogens (tertiary/aromatic N) is 1. The molecule has 2 aromatic carbocycles. The lowest BCUT2D eigenvalue weighted by molar-refractivity contribution is -0.274. The largest absolute Gasteiger partial charge is 0.573 e. The highest BCUT2D eigenvalue weighted by Gasteiger charge is 2.31. The van der Waals surface area contributed by atoms with Crippen LogP contribution in [0.1, 0.15) is 23.9 Å². The molecule has 0 atom stereocenters. The van der Waals surface area contributed by atoms with Crippen LogP contribution in [0.4, 0.5) is 18.9 Å². The lowest BCUT2D eigenvalue weighted by atomic mass is 9.99. The van der Waals surface area contributed by atoms with Crippen molar-refractivity contribution in [1.82, 2.24) is 5.16 Å². The van der Waals surface area contributed by atoms with Crippen molar-refractivity contribution in [2.75, 3.05) is 5.32 Å². The Morgan fingerprint density at radius 3 is 2.26 bits per heavy atom. The van der Waals surface area contributed by atoms with Gasteiger partial charge in [-0.25, -0.2) is 0 Å². The number of allylic oxidation sites excluding steroid dienone is 1. The van der Waals surface area contributed by atoms with Gasteiger partial charge in [0.2, 0.25) is 0 Å². The van der Waals surface area contributed by atoms with Gasteiger partial charge in [0.25, 0.3) is 5.91 Å². The Bertz CT molecular complexity index is 1120. The van der Waals surface area contributed by atoms with Gasteiger partial charge in [-0.05, 0) is 50.6 Å². The summed E-state index contributed by atoms with van der Waals surface area (Å²) in [4.78, 5) is 11.9. The first kappa shape index (κ1) is 22.4. The highest BCUT2D eigenvalue weighted by atomic mass is 35.5. The third-order valence-electron chi connectivity index (χ3n) is 4.32. The summed E-state index contributed by atoms with van der Waals surface area (Å²) < 4.78 is 45.2. The molecule has 1 aromatic heterocycles. The second-order valence-corrected chi connectivity index (χ2v) is 7.09. The summed E-state index contributed by atoms with van der Waals surface area (Å²) in [5, 5.41) is 6.74. The molecule has 0 fully saturated rings. The molecule has 162 valence electrons. The van der Waals surface area contributed by atoms with Crippen molar-refractivity contribution in [2.24, 2.45) is 0 Å². The molecule has 1 amide bonds. The third-order valence-corrected chi connectivity index (χ3v) is 4.64. The van der Waals surface area contributed by atoms with E-state index in [4.69, 9.17) is 16.1 Å². The minimum absolute atomic E-state index is 0.213. The predicted molar refractivity (Wildman–Crippen MR) is 112 cm³/mol. The minimum Gasteiger partial charge on any atom is -0.406 e. The van der Waals surface area contributed by atoms with Gasteiger partial charge in [-0.1, -0.05) is 35.0 Å². The molecule has 1 N–H and O–H groups in total. The molecule has 1 aliphatic heterocycles. The highest BCUT2D eigenvalue weighted by molar-refractivity contribution is 6.36. The van der Waals surface area contributed by atoms with E-state index in [2.05, 4.69) is 15.2 Å². The summed E-state index contributed by atoms with van der Waals surface area (Å²) in [6.07, 6.45) is -3.04. The highest BCUT2D eigenvalue weighted by Crippen LogP contribution is 2.40. The van der Waals surface area contributed by atoms with Crippen molar-refractivity contribution in [3.8, 4) is 16.9 Å². The number of carbonyl (C=O) groups excluding carboxylic acids is 1. The Morgan fingerprint density at radius 1 is 1.10 bits per heavy atom. The topological polar surface area (TPSA) is 64.4 Å². The quantitative estimate of drug-likeness (QED) is 0.449. The molecule has 9 heteroatoms. The fourth-order valence-corrected chi connectivity index (χ4v) is 3.32. The van der Waals surface area contributed by atoms with Gasteiger partial charge in [-0.15, -0.1) is 13.2 Å². The molecule has 5 nitrogen and oxygen atoms in total. The second-order valence-electron chi connectivity index (χ2n) is 6.69. The molecule has 0 spiro atoms. The van der Waals surface area contributed by atoms with Crippen molar-refractivity contribution < 1.29 is 27.2 Å². The summed E-state index contributed by atoms with van der Waals surface area (Å²) in [7, 11) is 0. The lowest BCUT2D eigenvalue weighted by Crippen LogP contribution is -2.16. The van der Waals surface area contributed by atoms with E-state index in [1.54, 1.807) is 25.1 Å². The van der Waals surface area contributed by atoms with Gasteiger partial charge >= 0.3 is 6.36 Å². The number of aromatic nitrogens is 1. The Hall–Kier alpha value is -3.26. The Morgan fingerprint density at radius 2 is 1.77 bits per heavy atom. The maximum absolute atomic E-state index is 12.2. The van der Waals surface area contributed by atoms with Gasteiger partial charge in [-0.2, -0.15) is 0 Å². The first-order chi connectivity index (χ1) is 14.6. The predicted octanol–water partition coefficient (Wildman–Crippen LogP) is 6.55. The molecule has 0 unspecified atom stereocenters. The van der Waals surface area contributed by atoms with Crippen LogP contribution in [0, 0.1) is 13.8 Å². The molecule has 3 aromatic rings. The zero-order valence-corrected chi connectivity index (χ0v) is 17.6. The molecule has 0 radical (unpaired) electrons. The molecule has 2 heterocycles. The molecule has 0 saturated heterocycles. The molecule has 0 saturated carbocycles. The van der Waals surface area contributed by atoms with Gasteiger partial charge < -0.3 is 14.6 Å². The van der Waals surface area contributed by atoms with Crippen molar-refractivity contribution in [3.63, 3.8) is 0 Å². The standard InChI is InChI=1S/C17H11ClF3NO2.C5H7NO/c1-2-11-13-7-12(14(18)8-15(13)22-16(11)23)9-3-5-10(6-4-9)24-17(19,20)21;1-4-3-5(2)7-6-4/h2-8H,1H3,(H,22,23);3H,1-2H3/b11-2-;. The average molecular weight is 451 g/mol. The van der Waals surface area contributed by atoms with Gasteiger partial charge in [0.1, 0.15) is 11.5 Å². The Labute approximate surface area is 181 Å². The number of aryl methyl sites for hydroxylation is 2. The maximum atomic E-state index is 12.2. The van der Waals surface area contributed by atoms with Crippen LogP contribution in [0.15, 0.2) is 53.1 Å². The normalized spacial score (nSPS) is 14.0. The summed E-state index contributed by atoms with van der Waals surface area (Å²) in [5.41, 5.74) is 4.02. The van der Waals surface area contributed by atoms with E-state index in [-0.39, 0.29) is 11.7 Å². The number of anilines is 1. The summed E-state index contributed by atoms with van der Waals surface area (Å²) in [5.74, 6) is 0.349. The molecule has 4 rings (SSSR count). The number of hydrogen-bond donors (Lipinski definition) is 1. The fourth-order valence-electron chi connectivity index (χ4n) is 3.05. The van der Waals surface area contributed by atoms with Crippen molar-refractivity contribution >= 4 is 28.8 Å². The van der Waals surface area contributed by atoms with Crippen LogP contribution in [0.2, 0.25) is 5.02 Å². The number of carbonyl (C=O) groups is 1. The van der Waals surface area contributed by atoms with Crippen LogP contribution >= 0.6 is 11.6 Å². The van der Waals surface area contributed by atoms with E-state index in [1.807, 2.05) is 19.9 Å². The maximum Gasteiger partial charge on any atom is 0.573 e. The second kappa shape index (κ2) is 8.85. The summed E-state index contributed by atoms with van der Waals surface area (Å²) >= 11 is 6.25. The smallest absolute Gasteiger partial charge is 0.406 e. The molecular weight excluding hydrogens is 433 g/mol. The number of halogens is 4. The van der Waals surface area contributed by atoms with Crippen LogP contribution in [0.3, 0.4) is 0 Å². The zero-order valence-electron chi connectivity index (χ0n) is 16.8. The van der Waals surface area contributed by atoms with Crippen LogP contribution in [-0.2, 0) is 4.79 Å². The number of alkyl halides is 3. The monoisotopic (exact) mass is 450 g/mol.